The Balaban J connectivity index is 1.60. The van der Waals surface area contributed by atoms with Crippen molar-refractivity contribution in [1.29, 1.82) is 0 Å². The number of carbonyl (C=O) groups excluding carboxylic acids is 2. The molecule has 2 amide bonds. The third kappa shape index (κ3) is 5.49. The molecule has 0 saturated carbocycles. The number of nitrogens with zero attached hydrogens (tertiary/aromatic N) is 3. The van der Waals surface area contributed by atoms with E-state index in [0.29, 0.717) is 12.3 Å². The minimum Gasteiger partial charge on any atom is -0.359 e. The Bertz CT molecular complexity index is 740. The molecule has 0 atom stereocenters. The molecule has 0 unspecified atom stereocenters. The Hall–Kier alpha value is -2.57. The molecule has 0 radical (unpaired) electrons. The highest BCUT2D eigenvalue weighted by molar-refractivity contribution is 5.97. The molecule has 1 fully saturated rings. The lowest BCUT2D eigenvalue weighted by Crippen LogP contribution is -2.46. The number of aliphatic imine (C=N–C) groups is 1. The number of guanidine groups is 1. The molecule has 158 valence electrons. The Labute approximate surface area is 173 Å². The number of likely N-dealkylation sites (tertiary alicyclic amines) is 1. The SMILES string of the molecule is CCNC(=NCC(=O)N1CCCc2ccccc21)N1CCC(CC(=O)NC)CC1. The van der Waals surface area contributed by atoms with E-state index in [2.05, 4.69) is 26.6 Å². The molecule has 0 bridgehead atoms. The van der Waals surface area contributed by atoms with Crippen LogP contribution in [0.5, 0.6) is 0 Å². The average Bonchev–Trinajstić information content (AvgIpc) is 2.76. The van der Waals surface area contributed by atoms with E-state index in [9.17, 15) is 9.59 Å². The Kier molecular flexibility index (Phi) is 7.49. The predicted octanol–water partition coefficient (Wildman–Crippen LogP) is 1.78. The molecule has 0 spiro atoms. The first-order valence-corrected chi connectivity index (χ1v) is 10.7. The lowest BCUT2D eigenvalue weighted by molar-refractivity contribution is -0.121. The van der Waals surface area contributed by atoms with Crippen molar-refractivity contribution in [2.45, 2.75) is 39.0 Å². The van der Waals surface area contributed by atoms with Crippen molar-refractivity contribution in [1.82, 2.24) is 15.5 Å². The predicted molar refractivity (Wildman–Crippen MR) is 116 cm³/mol. The van der Waals surface area contributed by atoms with Crippen molar-refractivity contribution in [2.24, 2.45) is 10.9 Å². The number of hydrogen-bond donors (Lipinski definition) is 2. The van der Waals surface area contributed by atoms with E-state index in [4.69, 9.17) is 0 Å². The van der Waals surface area contributed by atoms with Crippen molar-refractivity contribution in [2.75, 3.05) is 44.7 Å². The van der Waals surface area contributed by atoms with Crippen molar-refractivity contribution in [3.05, 3.63) is 29.8 Å². The third-order valence-electron chi connectivity index (χ3n) is 5.78. The van der Waals surface area contributed by atoms with Crippen LogP contribution in [-0.4, -0.2) is 62.4 Å². The van der Waals surface area contributed by atoms with Gasteiger partial charge in [-0.3, -0.25) is 9.59 Å². The van der Waals surface area contributed by atoms with Gasteiger partial charge >= 0.3 is 0 Å². The molecule has 7 nitrogen and oxygen atoms in total. The quantitative estimate of drug-likeness (QED) is 0.585. The van der Waals surface area contributed by atoms with Gasteiger partial charge in [-0.1, -0.05) is 18.2 Å². The number of aryl methyl sites for hydroxylation is 1. The van der Waals surface area contributed by atoms with Gasteiger partial charge in [-0.25, -0.2) is 4.99 Å². The van der Waals surface area contributed by atoms with Gasteiger partial charge in [0.1, 0.15) is 6.54 Å². The molecule has 0 aliphatic carbocycles. The zero-order chi connectivity index (χ0) is 20.6. The molecule has 7 heteroatoms. The maximum Gasteiger partial charge on any atom is 0.248 e. The summed E-state index contributed by atoms with van der Waals surface area (Å²) < 4.78 is 0. The largest absolute Gasteiger partial charge is 0.359 e. The average molecular weight is 400 g/mol. The summed E-state index contributed by atoms with van der Waals surface area (Å²) >= 11 is 0. The molecule has 1 aromatic rings. The second kappa shape index (κ2) is 10.3. The zero-order valence-electron chi connectivity index (χ0n) is 17.6. The van der Waals surface area contributed by atoms with Crippen LogP contribution >= 0.6 is 0 Å². The standard InChI is InChI=1S/C22H33N5O2/c1-3-24-22(26-13-10-17(11-14-26)15-20(28)23-2)25-16-21(29)27-12-6-8-18-7-4-5-9-19(18)27/h4-5,7,9,17H,3,6,8,10-16H2,1-2H3,(H,23,28)(H,24,25). The maximum absolute atomic E-state index is 12.9. The number of benzene rings is 1. The number of hydrogen-bond acceptors (Lipinski definition) is 3. The third-order valence-corrected chi connectivity index (χ3v) is 5.78. The molecule has 3 rings (SSSR count). The minimum atomic E-state index is 0.0436. The highest BCUT2D eigenvalue weighted by Gasteiger charge is 2.25. The van der Waals surface area contributed by atoms with E-state index in [1.165, 1.54) is 5.56 Å². The van der Waals surface area contributed by atoms with Crippen LogP contribution in [0.3, 0.4) is 0 Å². The first-order valence-electron chi connectivity index (χ1n) is 10.7. The van der Waals surface area contributed by atoms with Gasteiger partial charge in [0.15, 0.2) is 5.96 Å². The zero-order valence-corrected chi connectivity index (χ0v) is 17.6. The van der Waals surface area contributed by atoms with Gasteiger partial charge in [0.05, 0.1) is 0 Å². The molecule has 1 saturated heterocycles. The molecule has 1 aromatic carbocycles. The van der Waals surface area contributed by atoms with Gasteiger partial charge in [-0.2, -0.15) is 0 Å². The number of fused-ring (bicyclic) bond motifs is 1. The van der Waals surface area contributed by atoms with Crippen LogP contribution in [0.25, 0.3) is 0 Å². The first kappa shape index (κ1) is 21.1. The molecule has 2 aliphatic rings. The monoisotopic (exact) mass is 399 g/mol. The van der Waals surface area contributed by atoms with Gasteiger partial charge in [0.2, 0.25) is 11.8 Å². The normalized spacial score (nSPS) is 17.7. The molecular formula is C22H33N5O2. The topological polar surface area (TPSA) is 77.0 Å². The fraction of sp³-hybridized carbons (Fsp3) is 0.591. The number of piperidine rings is 1. The van der Waals surface area contributed by atoms with Crippen LogP contribution in [0.4, 0.5) is 5.69 Å². The summed E-state index contributed by atoms with van der Waals surface area (Å²) in [5.74, 6) is 1.36. The molecule has 29 heavy (non-hydrogen) atoms. The summed E-state index contributed by atoms with van der Waals surface area (Å²) in [7, 11) is 1.69. The maximum atomic E-state index is 12.9. The number of anilines is 1. The van der Waals surface area contributed by atoms with Crippen molar-refractivity contribution >= 4 is 23.5 Å². The Morgan fingerprint density at radius 3 is 2.66 bits per heavy atom. The highest BCUT2D eigenvalue weighted by Crippen LogP contribution is 2.26. The van der Waals surface area contributed by atoms with Crippen LogP contribution in [0.2, 0.25) is 0 Å². The number of rotatable bonds is 5. The molecule has 0 aromatic heterocycles. The van der Waals surface area contributed by atoms with Crippen molar-refractivity contribution < 1.29 is 9.59 Å². The number of amides is 2. The number of carbonyl (C=O) groups is 2. The van der Waals surface area contributed by atoms with Crippen LogP contribution in [0.15, 0.2) is 29.3 Å². The summed E-state index contributed by atoms with van der Waals surface area (Å²) in [6.07, 6.45) is 4.53. The van der Waals surface area contributed by atoms with E-state index in [0.717, 1.165) is 63.5 Å². The van der Waals surface area contributed by atoms with E-state index in [-0.39, 0.29) is 18.4 Å². The van der Waals surface area contributed by atoms with E-state index < -0.39 is 0 Å². The summed E-state index contributed by atoms with van der Waals surface area (Å²) in [6.45, 7) is 5.42. The lowest BCUT2D eigenvalue weighted by Gasteiger charge is -2.34. The van der Waals surface area contributed by atoms with Crippen LogP contribution in [-0.2, 0) is 16.0 Å². The van der Waals surface area contributed by atoms with Crippen LogP contribution < -0.4 is 15.5 Å². The second-order valence-electron chi connectivity index (χ2n) is 7.76. The second-order valence-corrected chi connectivity index (χ2v) is 7.76. The van der Waals surface area contributed by atoms with Gasteiger partial charge in [0, 0.05) is 45.3 Å². The fourth-order valence-corrected chi connectivity index (χ4v) is 4.16. The van der Waals surface area contributed by atoms with Gasteiger partial charge in [0.25, 0.3) is 0 Å². The summed E-state index contributed by atoms with van der Waals surface area (Å²) in [5, 5.41) is 6.03. The Morgan fingerprint density at radius 1 is 1.17 bits per heavy atom. The van der Waals surface area contributed by atoms with E-state index >= 15 is 0 Å². The molecule has 2 aliphatic heterocycles. The van der Waals surface area contributed by atoms with Crippen molar-refractivity contribution in [3.63, 3.8) is 0 Å². The van der Waals surface area contributed by atoms with Gasteiger partial charge in [-0.05, 0) is 50.2 Å². The highest BCUT2D eigenvalue weighted by atomic mass is 16.2. The van der Waals surface area contributed by atoms with Crippen molar-refractivity contribution in [3.8, 4) is 0 Å². The summed E-state index contributed by atoms with van der Waals surface area (Å²) in [6, 6.07) is 8.15. The fourth-order valence-electron chi connectivity index (χ4n) is 4.16. The summed E-state index contributed by atoms with van der Waals surface area (Å²) in [4.78, 5) is 33.2. The van der Waals surface area contributed by atoms with Gasteiger partial charge in [-0.15, -0.1) is 0 Å². The van der Waals surface area contributed by atoms with E-state index in [1.54, 1.807) is 7.05 Å². The molecular weight excluding hydrogens is 366 g/mol. The lowest BCUT2D eigenvalue weighted by atomic mass is 9.93. The molecule has 2 N–H and O–H groups in total. The first-order chi connectivity index (χ1) is 14.1. The number of para-hydroxylation sites is 1. The van der Waals surface area contributed by atoms with Crippen LogP contribution in [0, 0.1) is 5.92 Å². The molecule has 2 heterocycles. The van der Waals surface area contributed by atoms with Gasteiger partial charge < -0.3 is 20.4 Å². The summed E-state index contributed by atoms with van der Waals surface area (Å²) in [5.41, 5.74) is 2.26. The smallest absolute Gasteiger partial charge is 0.248 e. The number of nitrogens with one attached hydrogen (secondary N) is 2. The Morgan fingerprint density at radius 2 is 1.93 bits per heavy atom. The minimum absolute atomic E-state index is 0.0436. The van der Waals surface area contributed by atoms with E-state index in [1.807, 2.05) is 30.0 Å². The van der Waals surface area contributed by atoms with Crippen LogP contribution in [0.1, 0.15) is 38.2 Å².